The summed E-state index contributed by atoms with van der Waals surface area (Å²) in [5, 5.41) is 8.69. The first-order valence-electron chi connectivity index (χ1n) is 3.82. The molecule has 0 spiro atoms. The Morgan fingerprint density at radius 2 is 1.90 bits per heavy atom. The molecule has 57 valence electrons. The van der Waals surface area contributed by atoms with Crippen LogP contribution in [0.3, 0.4) is 0 Å². The van der Waals surface area contributed by atoms with E-state index in [4.69, 9.17) is 5.11 Å². The standard InChI is InChI=1S/C8H16O.Y/c1-7(2)8(3-4-8)5-6-9;/h7,9H,3-6H2,1-2H3;. The minimum Gasteiger partial charge on any atom is -0.396 e. The minimum atomic E-state index is 0. The Balaban J connectivity index is 0.000000810. The van der Waals surface area contributed by atoms with Crippen molar-refractivity contribution in [1.82, 2.24) is 0 Å². The molecule has 0 aromatic heterocycles. The zero-order valence-electron chi connectivity index (χ0n) is 6.93. The molecule has 0 aromatic carbocycles. The van der Waals surface area contributed by atoms with E-state index in [0.29, 0.717) is 12.0 Å². The minimum absolute atomic E-state index is 0. The van der Waals surface area contributed by atoms with E-state index in [1.807, 2.05) is 0 Å². The number of aliphatic hydroxyl groups is 1. The summed E-state index contributed by atoms with van der Waals surface area (Å²) >= 11 is 0. The average Bonchev–Trinajstić information content (AvgIpc) is 2.49. The summed E-state index contributed by atoms with van der Waals surface area (Å²) in [4.78, 5) is 0. The van der Waals surface area contributed by atoms with Crippen LogP contribution in [0.4, 0.5) is 0 Å². The van der Waals surface area contributed by atoms with E-state index in [1.165, 1.54) is 12.8 Å². The van der Waals surface area contributed by atoms with Crippen LogP contribution in [0.15, 0.2) is 0 Å². The van der Waals surface area contributed by atoms with Crippen molar-refractivity contribution in [1.29, 1.82) is 0 Å². The van der Waals surface area contributed by atoms with Gasteiger partial charge >= 0.3 is 0 Å². The van der Waals surface area contributed by atoms with E-state index >= 15 is 0 Å². The molecule has 1 nitrogen and oxygen atoms in total. The molecule has 1 radical (unpaired) electrons. The van der Waals surface area contributed by atoms with Gasteiger partial charge in [-0.15, -0.1) is 0 Å². The summed E-state index contributed by atoms with van der Waals surface area (Å²) < 4.78 is 0. The fourth-order valence-corrected chi connectivity index (χ4v) is 1.50. The molecule has 1 N–H and O–H groups in total. The Labute approximate surface area is 88.5 Å². The molecule has 0 atom stereocenters. The molecule has 1 rings (SSSR count). The van der Waals surface area contributed by atoms with Crippen LogP contribution in [0.1, 0.15) is 33.1 Å². The van der Waals surface area contributed by atoms with Gasteiger partial charge in [0.1, 0.15) is 0 Å². The zero-order chi connectivity index (χ0) is 6.91. The van der Waals surface area contributed by atoms with Crippen LogP contribution in [0, 0.1) is 11.3 Å². The quantitative estimate of drug-likeness (QED) is 0.764. The number of aliphatic hydroxyl groups excluding tert-OH is 1. The molecule has 0 heterocycles. The van der Waals surface area contributed by atoms with Gasteiger partial charge in [-0.25, -0.2) is 0 Å². The predicted molar refractivity (Wildman–Crippen MR) is 38.2 cm³/mol. The molecule has 1 aliphatic rings. The molecule has 10 heavy (non-hydrogen) atoms. The van der Waals surface area contributed by atoms with Gasteiger partial charge in [0, 0.05) is 39.3 Å². The zero-order valence-corrected chi connectivity index (χ0v) is 9.77. The fourth-order valence-electron chi connectivity index (χ4n) is 1.50. The maximum Gasteiger partial charge on any atom is 0.0436 e. The second kappa shape index (κ2) is 4.18. The van der Waals surface area contributed by atoms with Crippen LogP contribution >= 0.6 is 0 Å². The van der Waals surface area contributed by atoms with Crippen molar-refractivity contribution >= 4 is 0 Å². The van der Waals surface area contributed by atoms with E-state index in [-0.39, 0.29) is 32.7 Å². The molecule has 0 bridgehead atoms. The smallest absolute Gasteiger partial charge is 0.0436 e. The summed E-state index contributed by atoms with van der Waals surface area (Å²) in [6.07, 6.45) is 3.70. The Hall–Kier alpha value is 1.06. The maximum atomic E-state index is 8.69. The van der Waals surface area contributed by atoms with Gasteiger partial charge < -0.3 is 5.11 Å². The van der Waals surface area contributed by atoms with Crippen molar-refractivity contribution in [3.05, 3.63) is 0 Å². The second-order valence-corrected chi connectivity index (χ2v) is 3.49. The van der Waals surface area contributed by atoms with E-state index in [1.54, 1.807) is 0 Å². The topological polar surface area (TPSA) is 20.2 Å². The van der Waals surface area contributed by atoms with Crippen LogP contribution in [-0.2, 0) is 32.7 Å². The van der Waals surface area contributed by atoms with Crippen LogP contribution in [0.2, 0.25) is 0 Å². The van der Waals surface area contributed by atoms with Crippen molar-refractivity contribution in [3.8, 4) is 0 Å². The Bertz CT molecular complexity index is 97.4. The molecule has 1 aliphatic carbocycles. The fraction of sp³-hybridized carbons (Fsp3) is 1.00. The molecule has 2 heteroatoms. The van der Waals surface area contributed by atoms with E-state index in [2.05, 4.69) is 13.8 Å². The summed E-state index contributed by atoms with van der Waals surface area (Å²) in [5.74, 6) is 0.768. The van der Waals surface area contributed by atoms with Gasteiger partial charge in [-0.05, 0) is 30.6 Å². The second-order valence-electron chi connectivity index (χ2n) is 3.49. The molecule has 0 aromatic rings. The molecule has 0 amide bonds. The summed E-state index contributed by atoms with van der Waals surface area (Å²) in [5.41, 5.74) is 0.550. The van der Waals surface area contributed by atoms with Crippen molar-refractivity contribution in [2.45, 2.75) is 33.1 Å². The first-order valence-corrected chi connectivity index (χ1v) is 3.82. The summed E-state index contributed by atoms with van der Waals surface area (Å²) in [7, 11) is 0. The summed E-state index contributed by atoms with van der Waals surface area (Å²) in [6.45, 7) is 4.88. The normalized spacial score (nSPS) is 20.4. The van der Waals surface area contributed by atoms with Crippen LogP contribution in [-0.4, -0.2) is 11.7 Å². The number of hydrogen-bond acceptors (Lipinski definition) is 1. The van der Waals surface area contributed by atoms with Crippen molar-refractivity contribution in [2.24, 2.45) is 11.3 Å². The van der Waals surface area contributed by atoms with Crippen molar-refractivity contribution < 1.29 is 37.8 Å². The number of rotatable bonds is 3. The van der Waals surface area contributed by atoms with Gasteiger partial charge in [0.05, 0.1) is 0 Å². The Morgan fingerprint density at radius 1 is 1.40 bits per heavy atom. The van der Waals surface area contributed by atoms with Crippen molar-refractivity contribution in [3.63, 3.8) is 0 Å². The van der Waals surface area contributed by atoms with Gasteiger partial charge in [0.2, 0.25) is 0 Å². The predicted octanol–water partition coefficient (Wildman–Crippen LogP) is 1.80. The molecule has 1 saturated carbocycles. The third-order valence-corrected chi connectivity index (χ3v) is 2.73. The molecular formula is C8H16OY. The van der Waals surface area contributed by atoms with Gasteiger partial charge in [0.15, 0.2) is 0 Å². The third kappa shape index (κ3) is 2.28. The molecule has 1 fully saturated rings. The van der Waals surface area contributed by atoms with Crippen LogP contribution in [0.5, 0.6) is 0 Å². The van der Waals surface area contributed by atoms with Crippen LogP contribution < -0.4 is 0 Å². The van der Waals surface area contributed by atoms with E-state index < -0.39 is 0 Å². The van der Waals surface area contributed by atoms with Crippen LogP contribution in [0.25, 0.3) is 0 Å². The monoisotopic (exact) mass is 217 g/mol. The van der Waals surface area contributed by atoms with E-state index in [0.717, 1.165) is 12.3 Å². The number of hydrogen-bond donors (Lipinski definition) is 1. The van der Waals surface area contributed by atoms with Crippen molar-refractivity contribution in [2.75, 3.05) is 6.61 Å². The Morgan fingerprint density at radius 3 is 2.00 bits per heavy atom. The average molecular weight is 217 g/mol. The SMILES string of the molecule is CC(C)C1(CCO)CC1.[Y]. The first-order chi connectivity index (χ1) is 4.21. The van der Waals surface area contributed by atoms with E-state index in [9.17, 15) is 0 Å². The molecule has 0 saturated heterocycles. The van der Waals surface area contributed by atoms with Gasteiger partial charge in [-0.1, -0.05) is 13.8 Å². The third-order valence-electron chi connectivity index (χ3n) is 2.73. The molecular weight excluding hydrogens is 201 g/mol. The molecule has 0 aliphatic heterocycles. The summed E-state index contributed by atoms with van der Waals surface area (Å²) in [6, 6.07) is 0. The first kappa shape index (κ1) is 11.1. The van der Waals surface area contributed by atoms with Gasteiger partial charge in [0.25, 0.3) is 0 Å². The maximum absolute atomic E-state index is 8.69. The Kier molecular flexibility index (Phi) is 4.62. The van der Waals surface area contributed by atoms with Gasteiger partial charge in [-0.3, -0.25) is 0 Å². The van der Waals surface area contributed by atoms with Gasteiger partial charge in [-0.2, -0.15) is 0 Å². The molecule has 0 unspecified atom stereocenters. The largest absolute Gasteiger partial charge is 0.396 e.